The molecule has 0 aromatic carbocycles. The largest absolute Gasteiger partial charge is 0.469 e. The number of hydrogen-bond acceptors (Lipinski definition) is 2. The SMILES string of the molecule is COCC(C)Cc1ccco1. The molecule has 1 unspecified atom stereocenters. The highest BCUT2D eigenvalue weighted by molar-refractivity contribution is 4.98. The van der Waals surface area contributed by atoms with Gasteiger partial charge in [-0.05, 0) is 18.1 Å². The number of rotatable bonds is 4. The Bertz CT molecular complexity index is 179. The van der Waals surface area contributed by atoms with Crippen molar-refractivity contribution in [2.45, 2.75) is 13.3 Å². The molecule has 0 fully saturated rings. The molecule has 1 atom stereocenters. The Hall–Kier alpha value is -0.760. The topological polar surface area (TPSA) is 22.4 Å². The molecule has 0 aliphatic heterocycles. The zero-order chi connectivity index (χ0) is 8.10. The minimum Gasteiger partial charge on any atom is -0.469 e. The van der Waals surface area contributed by atoms with Crippen LogP contribution >= 0.6 is 0 Å². The Balaban J connectivity index is 2.31. The minimum atomic E-state index is 0.533. The molecule has 11 heavy (non-hydrogen) atoms. The lowest BCUT2D eigenvalue weighted by molar-refractivity contribution is 0.157. The molecule has 2 heteroatoms. The van der Waals surface area contributed by atoms with Crippen molar-refractivity contribution in [2.75, 3.05) is 13.7 Å². The predicted octanol–water partition coefficient (Wildman–Crippen LogP) is 2.10. The summed E-state index contributed by atoms with van der Waals surface area (Å²) in [5, 5.41) is 0. The van der Waals surface area contributed by atoms with E-state index in [1.54, 1.807) is 13.4 Å². The summed E-state index contributed by atoms with van der Waals surface area (Å²) in [5.74, 6) is 1.57. The first kappa shape index (κ1) is 8.34. The Kier molecular flexibility index (Phi) is 3.17. The van der Waals surface area contributed by atoms with Gasteiger partial charge in [-0.3, -0.25) is 0 Å². The number of furan rings is 1. The molecule has 62 valence electrons. The molecule has 1 aromatic heterocycles. The Labute approximate surface area is 67.2 Å². The van der Waals surface area contributed by atoms with Gasteiger partial charge in [-0.25, -0.2) is 0 Å². The predicted molar refractivity (Wildman–Crippen MR) is 43.5 cm³/mol. The normalized spacial score (nSPS) is 13.3. The monoisotopic (exact) mass is 154 g/mol. The third-order valence-corrected chi connectivity index (χ3v) is 1.58. The second-order valence-electron chi connectivity index (χ2n) is 2.84. The molecule has 0 amide bonds. The van der Waals surface area contributed by atoms with E-state index in [1.807, 2.05) is 12.1 Å². The second kappa shape index (κ2) is 4.19. The lowest BCUT2D eigenvalue weighted by Crippen LogP contribution is -2.06. The van der Waals surface area contributed by atoms with Crippen LogP contribution in [-0.4, -0.2) is 13.7 Å². The van der Waals surface area contributed by atoms with Crippen LogP contribution in [0.3, 0.4) is 0 Å². The zero-order valence-corrected chi connectivity index (χ0v) is 7.04. The van der Waals surface area contributed by atoms with E-state index in [0.29, 0.717) is 5.92 Å². The summed E-state index contributed by atoms with van der Waals surface area (Å²) in [6, 6.07) is 3.90. The average molecular weight is 154 g/mol. The first-order chi connectivity index (χ1) is 5.33. The molecule has 2 nitrogen and oxygen atoms in total. The van der Waals surface area contributed by atoms with Crippen molar-refractivity contribution in [2.24, 2.45) is 5.92 Å². The average Bonchev–Trinajstić information content (AvgIpc) is 2.40. The van der Waals surface area contributed by atoms with Crippen LogP contribution in [0, 0.1) is 5.92 Å². The van der Waals surface area contributed by atoms with Gasteiger partial charge in [0.25, 0.3) is 0 Å². The Morgan fingerprint density at radius 2 is 2.45 bits per heavy atom. The van der Waals surface area contributed by atoms with E-state index in [2.05, 4.69) is 6.92 Å². The number of methoxy groups -OCH3 is 1. The fourth-order valence-electron chi connectivity index (χ4n) is 1.12. The molecule has 0 radical (unpaired) electrons. The molecule has 0 spiro atoms. The van der Waals surface area contributed by atoms with Gasteiger partial charge in [0.05, 0.1) is 6.26 Å². The van der Waals surface area contributed by atoms with Crippen LogP contribution in [-0.2, 0) is 11.2 Å². The molecule has 0 aliphatic carbocycles. The molecule has 0 saturated carbocycles. The lowest BCUT2D eigenvalue weighted by Gasteiger charge is -2.06. The highest BCUT2D eigenvalue weighted by atomic mass is 16.5. The van der Waals surface area contributed by atoms with Gasteiger partial charge in [0.15, 0.2) is 0 Å². The van der Waals surface area contributed by atoms with Gasteiger partial charge in [0.1, 0.15) is 5.76 Å². The molecule has 1 aromatic rings. The summed E-state index contributed by atoms with van der Waals surface area (Å²) in [6.07, 6.45) is 2.66. The van der Waals surface area contributed by atoms with Crippen LogP contribution in [0.2, 0.25) is 0 Å². The van der Waals surface area contributed by atoms with Gasteiger partial charge < -0.3 is 9.15 Å². The van der Waals surface area contributed by atoms with E-state index in [-0.39, 0.29) is 0 Å². The molecule has 0 bridgehead atoms. The van der Waals surface area contributed by atoms with Gasteiger partial charge in [-0.1, -0.05) is 6.92 Å². The van der Waals surface area contributed by atoms with Crippen molar-refractivity contribution in [3.63, 3.8) is 0 Å². The van der Waals surface area contributed by atoms with E-state index in [0.717, 1.165) is 18.8 Å². The zero-order valence-electron chi connectivity index (χ0n) is 7.04. The maximum absolute atomic E-state index is 5.19. The van der Waals surface area contributed by atoms with Crippen LogP contribution in [0.25, 0.3) is 0 Å². The van der Waals surface area contributed by atoms with Gasteiger partial charge in [0, 0.05) is 20.1 Å². The standard InChI is InChI=1S/C9H14O2/c1-8(7-10-2)6-9-4-3-5-11-9/h3-5,8H,6-7H2,1-2H3. The highest BCUT2D eigenvalue weighted by Crippen LogP contribution is 2.08. The molecule has 0 aliphatic rings. The second-order valence-corrected chi connectivity index (χ2v) is 2.84. The highest BCUT2D eigenvalue weighted by Gasteiger charge is 2.04. The summed E-state index contributed by atoms with van der Waals surface area (Å²) >= 11 is 0. The smallest absolute Gasteiger partial charge is 0.104 e. The van der Waals surface area contributed by atoms with Crippen LogP contribution in [0.5, 0.6) is 0 Å². The first-order valence-corrected chi connectivity index (χ1v) is 3.84. The Morgan fingerprint density at radius 3 is 3.00 bits per heavy atom. The minimum absolute atomic E-state index is 0.533. The van der Waals surface area contributed by atoms with Crippen molar-refractivity contribution in [1.82, 2.24) is 0 Å². The van der Waals surface area contributed by atoms with E-state index in [4.69, 9.17) is 9.15 Å². The van der Waals surface area contributed by atoms with E-state index in [9.17, 15) is 0 Å². The van der Waals surface area contributed by atoms with E-state index >= 15 is 0 Å². The molecule has 0 saturated heterocycles. The van der Waals surface area contributed by atoms with Gasteiger partial charge in [-0.2, -0.15) is 0 Å². The maximum atomic E-state index is 5.19. The van der Waals surface area contributed by atoms with E-state index in [1.165, 1.54) is 0 Å². The molecule has 1 heterocycles. The van der Waals surface area contributed by atoms with Crippen LogP contribution in [0.1, 0.15) is 12.7 Å². The molecular formula is C9H14O2. The first-order valence-electron chi connectivity index (χ1n) is 3.84. The molecule has 0 N–H and O–H groups in total. The summed E-state index contributed by atoms with van der Waals surface area (Å²) in [7, 11) is 1.72. The number of hydrogen-bond donors (Lipinski definition) is 0. The van der Waals surface area contributed by atoms with Gasteiger partial charge >= 0.3 is 0 Å². The fraction of sp³-hybridized carbons (Fsp3) is 0.556. The summed E-state index contributed by atoms with van der Waals surface area (Å²) in [6.45, 7) is 2.94. The quantitative estimate of drug-likeness (QED) is 0.662. The molecular weight excluding hydrogens is 140 g/mol. The van der Waals surface area contributed by atoms with Crippen LogP contribution in [0.4, 0.5) is 0 Å². The van der Waals surface area contributed by atoms with Gasteiger partial charge in [-0.15, -0.1) is 0 Å². The van der Waals surface area contributed by atoms with Crippen LogP contribution < -0.4 is 0 Å². The summed E-state index contributed by atoms with van der Waals surface area (Å²) in [5.41, 5.74) is 0. The van der Waals surface area contributed by atoms with Crippen LogP contribution in [0.15, 0.2) is 22.8 Å². The van der Waals surface area contributed by atoms with E-state index < -0.39 is 0 Å². The van der Waals surface area contributed by atoms with Crippen molar-refractivity contribution >= 4 is 0 Å². The van der Waals surface area contributed by atoms with Gasteiger partial charge in [0.2, 0.25) is 0 Å². The lowest BCUT2D eigenvalue weighted by atomic mass is 10.1. The summed E-state index contributed by atoms with van der Waals surface area (Å²) < 4.78 is 10.2. The van der Waals surface area contributed by atoms with Crippen molar-refractivity contribution in [3.8, 4) is 0 Å². The Morgan fingerprint density at radius 1 is 1.64 bits per heavy atom. The number of ether oxygens (including phenoxy) is 1. The molecule has 1 rings (SSSR count). The maximum Gasteiger partial charge on any atom is 0.104 e. The van der Waals surface area contributed by atoms with Crippen molar-refractivity contribution in [1.29, 1.82) is 0 Å². The van der Waals surface area contributed by atoms with Crippen molar-refractivity contribution in [3.05, 3.63) is 24.2 Å². The summed E-state index contributed by atoms with van der Waals surface area (Å²) in [4.78, 5) is 0. The van der Waals surface area contributed by atoms with Crippen molar-refractivity contribution < 1.29 is 9.15 Å². The third-order valence-electron chi connectivity index (χ3n) is 1.58. The third kappa shape index (κ3) is 2.76. The fourth-order valence-corrected chi connectivity index (χ4v) is 1.12.